The van der Waals surface area contributed by atoms with Crippen LogP contribution in [0.5, 0.6) is 0 Å². The first-order valence-corrected chi connectivity index (χ1v) is 6.69. The summed E-state index contributed by atoms with van der Waals surface area (Å²) in [6.45, 7) is 0. The van der Waals surface area contributed by atoms with Crippen molar-refractivity contribution < 1.29 is 4.79 Å². The van der Waals surface area contributed by atoms with Crippen LogP contribution in [0.4, 0.5) is 5.69 Å². The quantitative estimate of drug-likeness (QED) is 0.800. The highest BCUT2D eigenvalue weighted by atomic mass is 35.5. The van der Waals surface area contributed by atoms with Crippen LogP contribution in [0.3, 0.4) is 0 Å². The molecule has 3 rings (SSSR count). The lowest BCUT2D eigenvalue weighted by molar-refractivity contribution is 0.102. The van der Waals surface area contributed by atoms with E-state index in [1.165, 1.54) is 0 Å². The van der Waals surface area contributed by atoms with Crippen LogP contribution in [0.25, 0.3) is 5.82 Å². The predicted molar refractivity (Wildman–Crippen MR) is 74.2 cm³/mol. The third kappa shape index (κ3) is 2.51. The lowest BCUT2D eigenvalue weighted by Crippen LogP contribution is -2.14. The summed E-state index contributed by atoms with van der Waals surface area (Å²) in [5, 5.41) is 14.3. The molecule has 0 spiro atoms. The third-order valence-corrected chi connectivity index (χ3v) is 3.37. The number of halogens is 1. The largest absolute Gasteiger partial charge is 0.317 e. The molecule has 3 aromatic rings. The molecule has 0 fully saturated rings. The molecule has 0 radical (unpaired) electrons. The van der Waals surface area contributed by atoms with Gasteiger partial charge in [-0.05, 0) is 29.8 Å². The average molecular weight is 307 g/mol. The summed E-state index contributed by atoms with van der Waals surface area (Å²) in [4.78, 5) is 16.2. The zero-order valence-electron chi connectivity index (χ0n) is 9.89. The molecular weight excluding hydrogens is 300 g/mol. The molecule has 3 heterocycles. The molecule has 0 saturated heterocycles. The Balaban J connectivity index is 1.90. The van der Waals surface area contributed by atoms with Gasteiger partial charge in [-0.15, -0.1) is 10.2 Å². The Hall–Kier alpha value is -2.32. The van der Waals surface area contributed by atoms with Crippen LogP contribution in [0.2, 0.25) is 4.47 Å². The minimum absolute atomic E-state index is 0.185. The fraction of sp³-hybridized carbons (Fsp3) is 0. The Morgan fingerprint density at radius 2 is 2.20 bits per heavy atom. The molecule has 0 aliphatic rings. The molecule has 3 aromatic heterocycles. The van der Waals surface area contributed by atoms with E-state index in [0.717, 1.165) is 11.3 Å². The standard InChI is InChI=1S/C11H7ClN6OS/c12-11-17-16-10(20-11)9(19)15-7-3-1-4-13-8(7)18-6-2-5-14-18/h1-6H,(H,15,19). The van der Waals surface area contributed by atoms with Gasteiger partial charge < -0.3 is 5.32 Å². The Labute approximate surface area is 122 Å². The van der Waals surface area contributed by atoms with E-state index in [-0.39, 0.29) is 9.47 Å². The molecule has 9 heteroatoms. The molecule has 0 aromatic carbocycles. The summed E-state index contributed by atoms with van der Waals surface area (Å²) in [5.74, 6) is 0.122. The number of nitrogens with one attached hydrogen (secondary N) is 1. The van der Waals surface area contributed by atoms with Crippen molar-refractivity contribution in [1.29, 1.82) is 0 Å². The molecule has 0 bridgehead atoms. The van der Waals surface area contributed by atoms with Crippen LogP contribution >= 0.6 is 22.9 Å². The van der Waals surface area contributed by atoms with E-state index in [0.29, 0.717) is 11.5 Å². The lowest BCUT2D eigenvalue weighted by atomic mass is 10.3. The number of hydrogen-bond acceptors (Lipinski definition) is 6. The normalized spacial score (nSPS) is 10.4. The van der Waals surface area contributed by atoms with Gasteiger partial charge in [0.15, 0.2) is 5.82 Å². The number of anilines is 1. The number of nitrogens with zero attached hydrogens (tertiary/aromatic N) is 5. The molecule has 0 unspecified atom stereocenters. The van der Waals surface area contributed by atoms with Gasteiger partial charge >= 0.3 is 0 Å². The molecular formula is C11H7ClN6OS. The number of aromatic nitrogens is 5. The minimum atomic E-state index is -0.393. The molecule has 0 atom stereocenters. The Morgan fingerprint density at radius 1 is 1.30 bits per heavy atom. The first-order chi connectivity index (χ1) is 9.74. The minimum Gasteiger partial charge on any atom is -0.317 e. The van der Waals surface area contributed by atoms with E-state index in [4.69, 9.17) is 11.6 Å². The fourth-order valence-corrected chi connectivity index (χ4v) is 2.27. The monoisotopic (exact) mass is 306 g/mol. The molecule has 0 saturated carbocycles. The summed E-state index contributed by atoms with van der Waals surface area (Å²) in [6.07, 6.45) is 4.99. The van der Waals surface area contributed by atoms with Gasteiger partial charge in [-0.25, -0.2) is 9.67 Å². The number of rotatable bonds is 3. The highest BCUT2D eigenvalue weighted by Gasteiger charge is 2.15. The topological polar surface area (TPSA) is 85.6 Å². The molecule has 100 valence electrons. The van der Waals surface area contributed by atoms with Crippen molar-refractivity contribution in [2.45, 2.75) is 0 Å². The van der Waals surface area contributed by atoms with Crippen LogP contribution in [0.15, 0.2) is 36.8 Å². The van der Waals surface area contributed by atoms with Crippen molar-refractivity contribution in [3.05, 3.63) is 46.3 Å². The summed E-state index contributed by atoms with van der Waals surface area (Å²) in [5.41, 5.74) is 0.521. The highest BCUT2D eigenvalue weighted by Crippen LogP contribution is 2.19. The first kappa shape index (κ1) is 12.7. The smallest absolute Gasteiger partial charge is 0.286 e. The number of amides is 1. The second-order valence-electron chi connectivity index (χ2n) is 3.64. The maximum atomic E-state index is 12.0. The van der Waals surface area contributed by atoms with Crippen molar-refractivity contribution in [2.75, 3.05) is 5.32 Å². The van der Waals surface area contributed by atoms with Crippen molar-refractivity contribution in [2.24, 2.45) is 0 Å². The van der Waals surface area contributed by atoms with Gasteiger partial charge in [-0.3, -0.25) is 4.79 Å². The SMILES string of the molecule is O=C(Nc1cccnc1-n1cccn1)c1nnc(Cl)s1. The molecule has 7 nitrogen and oxygen atoms in total. The van der Waals surface area contributed by atoms with Crippen molar-refractivity contribution in [3.63, 3.8) is 0 Å². The second kappa shape index (κ2) is 5.35. The number of pyridine rings is 1. The van der Waals surface area contributed by atoms with Crippen molar-refractivity contribution >= 4 is 34.5 Å². The van der Waals surface area contributed by atoms with Crippen molar-refractivity contribution in [1.82, 2.24) is 25.0 Å². The summed E-state index contributed by atoms with van der Waals surface area (Å²) in [6, 6.07) is 5.21. The van der Waals surface area contributed by atoms with Crippen LogP contribution in [-0.4, -0.2) is 30.9 Å². The van der Waals surface area contributed by atoms with E-state index in [1.807, 2.05) is 0 Å². The van der Waals surface area contributed by atoms with E-state index in [9.17, 15) is 4.79 Å². The second-order valence-corrected chi connectivity index (χ2v) is 5.20. The van der Waals surface area contributed by atoms with E-state index in [1.54, 1.807) is 41.5 Å². The Bertz CT molecular complexity index is 741. The van der Waals surface area contributed by atoms with Crippen LogP contribution in [-0.2, 0) is 0 Å². The average Bonchev–Trinajstić information content (AvgIpc) is 3.10. The van der Waals surface area contributed by atoms with Crippen LogP contribution in [0, 0.1) is 0 Å². The van der Waals surface area contributed by atoms with Crippen LogP contribution < -0.4 is 5.32 Å². The van der Waals surface area contributed by atoms with Gasteiger partial charge in [0.25, 0.3) is 5.91 Å². The van der Waals surface area contributed by atoms with Gasteiger partial charge in [0.2, 0.25) is 9.47 Å². The molecule has 1 amide bonds. The van der Waals surface area contributed by atoms with E-state index < -0.39 is 5.91 Å². The lowest BCUT2D eigenvalue weighted by Gasteiger charge is -2.08. The maximum Gasteiger partial charge on any atom is 0.286 e. The molecule has 0 aliphatic carbocycles. The molecule has 0 aliphatic heterocycles. The van der Waals surface area contributed by atoms with Gasteiger partial charge in [-0.1, -0.05) is 11.3 Å². The number of hydrogen-bond donors (Lipinski definition) is 1. The Morgan fingerprint density at radius 3 is 2.90 bits per heavy atom. The van der Waals surface area contributed by atoms with Gasteiger partial charge in [0.05, 0.1) is 5.69 Å². The third-order valence-electron chi connectivity index (χ3n) is 2.35. The number of carbonyl (C=O) groups is 1. The predicted octanol–water partition coefficient (Wildman–Crippen LogP) is 2.02. The van der Waals surface area contributed by atoms with Gasteiger partial charge in [-0.2, -0.15) is 5.10 Å². The summed E-state index contributed by atoms with van der Waals surface area (Å²) in [7, 11) is 0. The highest BCUT2D eigenvalue weighted by molar-refractivity contribution is 7.17. The number of carbonyl (C=O) groups excluding carboxylic acids is 1. The van der Waals surface area contributed by atoms with E-state index >= 15 is 0 Å². The van der Waals surface area contributed by atoms with Crippen molar-refractivity contribution in [3.8, 4) is 5.82 Å². The maximum absolute atomic E-state index is 12.0. The van der Waals surface area contributed by atoms with Gasteiger partial charge in [0.1, 0.15) is 0 Å². The van der Waals surface area contributed by atoms with Gasteiger partial charge in [0, 0.05) is 18.6 Å². The molecule has 20 heavy (non-hydrogen) atoms. The summed E-state index contributed by atoms with van der Waals surface area (Å²) < 4.78 is 1.77. The fourth-order valence-electron chi connectivity index (χ4n) is 1.54. The Kier molecular flexibility index (Phi) is 3.40. The van der Waals surface area contributed by atoms with E-state index in [2.05, 4.69) is 25.6 Å². The van der Waals surface area contributed by atoms with Crippen LogP contribution in [0.1, 0.15) is 9.80 Å². The zero-order valence-corrected chi connectivity index (χ0v) is 11.5. The zero-order chi connectivity index (χ0) is 13.9. The first-order valence-electron chi connectivity index (χ1n) is 5.49. The molecule has 1 N–H and O–H groups in total. The summed E-state index contributed by atoms with van der Waals surface area (Å²) >= 11 is 6.67.